The number of piperidine rings is 1. The fraction of sp³-hybridized carbons (Fsp3) is 0.500. The predicted octanol–water partition coefficient (Wildman–Crippen LogP) is 2.86. The minimum atomic E-state index is 0.776. The van der Waals surface area contributed by atoms with Gasteiger partial charge in [0.25, 0.3) is 0 Å². The average molecular weight is 269 g/mol. The van der Waals surface area contributed by atoms with Crippen molar-refractivity contribution in [2.75, 3.05) is 25.0 Å². The van der Waals surface area contributed by atoms with Crippen molar-refractivity contribution in [1.82, 2.24) is 5.32 Å². The number of hydrogen-bond acceptors (Lipinski definition) is 2. The van der Waals surface area contributed by atoms with Gasteiger partial charge in [-0.3, -0.25) is 0 Å². The first-order valence-electron chi connectivity index (χ1n) is 5.55. The second-order valence-electron chi connectivity index (χ2n) is 4.10. The molecule has 0 saturated carbocycles. The molecule has 1 fully saturated rings. The molecule has 3 heteroatoms. The standard InChI is InChI=1S/C12H17BrN2/c13-11-4-1-5-12(7-11)15-9-10-3-2-6-14-8-10/h1,4-5,7,10,14-15H,2-3,6,8-9H2. The average Bonchev–Trinajstić information content (AvgIpc) is 2.28. The molecule has 1 heterocycles. The van der Waals surface area contributed by atoms with Crippen LogP contribution in [0.25, 0.3) is 0 Å². The van der Waals surface area contributed by atoms with Crippen molar-refractivity contribution in [2.45, 2.75) is 12.8 Å². The second kappa shape index (κ2) is 5.52. The number of anilines is 1. The first-order chi connectivity index (χ1) is 7.34. The first-order valence-corrected chi connectivity index (χ1v) is 6.34. The van der Waals surface area contributed by atoms with Crippen LogP contribution < -0.4 is 10.6 Å². The van der Waals surface area contributed by atoms with Crippen molar-refractivity contribution in [2.24, 2.45) is 5.92 Å². The lowest BCUT2D eigenvalue weighted by molar-refractivity contribution is 0.393. The van der Waals surface area contributed by atoms with Gasteiger partial charge in [-0.1, -0.05) is 22.0 Å². The van der Waals surface area contributed by atoms with E-state index in [9.17, 15) is 0 Å². The summed E-state index contributed by atoms with van der Waals surface area (Å²) in [6, 6.07) is 8.34. The molecule has 1 saturated heterocycles. The zero-order chi connectivity index (χ0) is 10.5. The molecule has 2 rings (SSSR count). The Labute approximate surface area is 99.6 Å². The third-order valence-electron chi connectivity index (χ3n) is 2.82. The molecule has 1 aliphatic rings. The summed E-state index contributed by atoms with van der Waals surface area (Å²) in [6.45, 7) is 3.41. The van der Waals surface area contributed by atoms with E-state index in [1.807, 2.05) is 6.07 Å². The third kappa shape index (κ3) is 3.50. The zero-order valence-electron chi connectivity index (χ0n) is 8.80. The molecule has 1 aromatic carbocycles. The van der Waals surface area contributed by atoms with Gasteiger partial charge in [-0.15, -0.1) is 0 Å². The summed E-state index contributed by atoms with van der Waals surface area (Å²) in [4.78, 5) is 0. The Bertz CT molecular complexity index is 308. The summed E-state index contributed by atoms with van der Waals surface area (Å²) in [5.41, 5.74) is 1.20. The fourth-order valence-electron chi connectivity index (χ4n) is 1.96. The van der Waals surface area contributed by atoms with Crippen LogP contribution in [0.2, 0.25) is 0 Å². The van der Waals surface area contributed by atoms with E-state index < -0.39 is 0 Å². The Balaban J connectivity index is 1.81. The highest BCUT2D eigenvalue weighted by molar-refractivity contribution is 9.10. The summed E-state index contributed by atoms with van der Waals surface area (Å²) >= 11 is 3.48. The van der Waals surface area contributed by atoms with Crippen LogP contribution in [0.4, 0.5) is 5.69 Å². The molecule has 0 aromatic heterocycles. The maximum atomic E-state index is 3.49. The number of nitrogens with one attached hydrogen (secondary N) is 2. The van der Waals surface area contributed by atoms with Gasteiger partial charge in [-0.05, 0) is 50.0 Å². The van der Waals surface area contributed by atoms with Crippen LogP contribution in [0.5, 0.6) is 0 Å². The van der Waals surface area contributed by atoms with Gasteiger partial charge in [0, 0.05) is 16.7 Å². The van der Waals surface area contributed by atoms with Gasteiger partial charge < -0.3 is 10.6 Å². The smallest absolute Gasteiger partial charge is 0.0351 e. The first kappa shape index (κ1) is 11.0. The van der Waals surface area contributed by atoms with Crippen LogP contribution in [-0.2, 0) is 0 Å². The molecular formula is C12H17BrN2. The van der Waals surface area contributed by atoms with E-state index in [-0.39, 0.29) is 0 Å². The number of halogens is 1. The fourth-order valence-corrected chi connectivity index (χ4v) is 2.36. The van der Waals surface area contributed by atoms with Crippen molar-refractivity contribution < 1.29 is 0 Å². The van der Waals surface area contributed by atoms with E-state index in [4.69, 9.17) is 0 Å². The molecule has 1 aromatic rings. The van der Waals surface area contributed by atoms with Gasteiger partial charge in [-0.25, -0.2) is 0 Å². The molecule has 82 valence electrons. The quantitative estimate of drug-likeness (QED) is 0.881. The van der Waals surface area contributed by atoms with Crippen LogP contribution >= 0.6 is 15.9 Å². The zero-order valence-corrected chi connectivity index (χ0v) is 10.4. The monoisotopic (exact) mass is 268 g/mol. The highest BCUT2D eigenvalue weighted by atomic mass is 79.9. The van der Waals surface area contributed by atoms with E-state index in [1.165, 1.54) is 25.1 Å². The van der Waals surface area contributed by atoms with Crippen molar-refractivity contribution in [3.8, 4) is 0 Å². The normalized spacial score (nSPS) is 21.3. The minimum Gasteiger partial charge on any atom is -0.385 e. The number of hydrogen-bond donors (Lipinski definition) is 2. The van der Waals surface area contributed by atoms with Gasteiger partial charge >= 0.3 is 0 Å². The Morgan fingerprint density at radius 1 is 1.47 bits per heavy atom. The molecule has 1 aliphatic heterocycles. The van der Waals surface area contributed by atoms with E-state index >= 15 is 0 Å². The summed E-state index contributed by atoms with van der Waals surface area (Å²) in [6.07, 6.45) is 2.65. The SMILES string of the molecule is Brc1cccc(NCC2CCCNC2)c1. The van der Waals surface area contributed by atoms with Crippen LogP contribution in [0.1, 0.15) is 12.8 Å². The second-order valence-corrected chi connectivity index (χ2v) is 5.02. The highest BCUT2D eigenvalue weighted by Crippen LogP contribution is 2.17. The lowest BCUT2D eigenvalue weighted by Crippen LogP contribution is -2.33. The number of benzene rings is 1. The minimum absolute atomic E-state index is 0.776. The summed E-state index contributed by atoms with van der Waals surface area (Å²) in [7, 11) is 0. The van der Waals surface area contributed by atoms with Crippen LogP contribution in [0, 0.1) is 5.92 Å². The molecule has 0 radical (unpaired) electrons. The molecule has 1 atom stereocenters. The Hall–Kier alpha value is -0.540. The highest BCUT2D eigenvalue weighted by Gasteiger charge is 2.11. The van der Waals surface area contributed by atoms with Crippen molar-refractivity contribution in [3.05, 3.63) is 28.7 Å². The lowest BCUT2D eigenvalue weighted by atomic mass is 10.00. The van der Waals surface area contributed by atoms with Gasteiger partial charge in [-0.2, -0.15) is 0 Å². The number of rotatable bonds is 3. The maximum absolute atomic E-state index is 3.49. The Kier molecular flexibility index (Phi) is 4.03. The molecule has 0 aliphatic carbocycles. The molecule has 0 spiro atoms. The van der Waals surface area contributed by atoms with Gasteiger partial charge in [0.2, 0.25) is 0 Å². The molecule has 15 heavy (non-hydrogen) atoms. The van der Waals surface area contributed by atoms with Gasteiger partial charge in [0.1, 0.15) is 0 Å². The molecule has 2 N–H and O–H groups in total. The van der Waals surface area contributed by atoms with Crippen LogP contribution in [0.3, 0.4) is 0 Å². The third-order valence-corrected chi connectivity index (χ3v) is 3.31. The molecule has 0 bridgehead atoms. The molecule has 0 amide bonds. The predicted molar refractivity (Wildman–Crippen MR) is 68.2 cm³/mol. The topological polar surface area (TPSA) is 24.1 Å². The van der Waals surface area contributed by atoms with Gasteiger partial charge in [0.15, 0.2) is 0 Å². The van der Waals surface area contributed by atoms with Crippen molar-refractivity contribution in [3.63, 3.8) is 0 Å². The van der Waals surface area contributed by atoms with E-state index in [2.05, 4.69) is 44.8 Å². The van der Waals surface area contributed by atoms with E-state index in [0.29, 0.717) is 0 Å². The summed E-state index contributed by atoms with van der Waals surface area (Å²) in [5.74, 6) is 0.776. The van der Waals surface area contributed by atoms with E-state index in [0.717, 1.165) is 23.5 Å². The Morgan fingerprint density at radius 2 is 2.40 bits per heavy atom. The van der Waals surface area contributed by atoms with Crippen LogP contribution in [-0.4, -0.2) is 19.6 Å². The van der Waals surface area contributed by atoms with Gasteiger partial charge in [0.05, 0.1) is 0 Å². The largest absolute Gasteiger partial charge is 0.385 e. The maximum Gasteiger partial charge on any atom is 0.0351 e. The van der Waals surface area contributed by atoms with Crippen molar-refractivity contribution in [1.29, 1.82) is 0 Å². The Morgan fingerprint density at radius 3 is 3.13 bits per heavy atom. The summed E-state index contributed by atoms with van der Waals surface area (Å²) in [5, 5.41) is 6.92. The van der Waals surface area contributed by atoms with Crippen molar-refractivity contribution >= 4 is 21.6 Å². The van der Waals surface area contributed by atoms with Crippen LogP contribution in [0.15, 0.2) is 28.7 Å². The molecule has 1 unspecified atom stereocenters. The summed E-state index contributed by atoms with van der Waals surface area (Å²) < 4.78 is 1.13. The lowest BCUT2D eigenvalue weighted by Gasteiger charge is -2.23. The molecular weight excluding hydrogens is 252 g/mol. The van der Waals surface area contributed by atoms with E-state index in [1.54, 1.807) is 0 Å². The molecule has 2 nitrogen and oxygen atoms in total.